The van der Waals surface area contributed by atoms with Gasteiger partial charge in [0.05, 0.1) is 0 Å². The van der Waals surface area contributed by atoms with Gasteiger partial charge in [0.2, 0.25) is 0 Å². The molecule has 0 heterocycles. The predicted octanol–water partition coefficient (Wildman–Crippen LogP) is 5.78. The van der Waals surface area contributed by atoms with E-state index in [1.54, 1.807) is 6.07 Å². The SMILES string of the molecule is CC(C)c1ccc(-c2ccc(Cl)cc2Cl)cc1. The third-order valence-electron chi connectivity index (χ3n) is 2.82. The predicted molar refractivity (Wildman–Crippen MR) is 76.0 cm³/mol. The van der Waals surface area contributed by atoms with Crippen LogP contribution in [0, 0.1) is 0 Å². The van der Waals surface area contributed by atoms with Crippen molar-refractivity contribution in [1.29, 1.82) is 0 Å². The van der Waals surface area contributed by atoms with Crippen molar-refractivity contribution in [3.63, 3.8) is 0 Å². The van der Waals surface area contributed by atoms with Crippen molar-refractivity contribution in [2.75, 3.05) is 0 Å². The molecule has 0 bridgehead atoms. The molecule has 0 aliphatic rings. The molecule has 2 rings (SSSR count). The smallest absolute Gasteiger partial charge is 0.0499 e. The topological polar surface area (TPSA) is 0 Å². The van der Waals surface area contributed by atoms with E-state index in [-0.39, 0.29) is 0 Å². The minimum atomic E-state index is 0.546. The van der Waals surface area contributed by atoms with Crippen molar-refractivity contribution >= 4 is 23.2 Å². The number of halogens is 2. The van der Waals surface area contributed by atoms with Gasteiger partial charge in [0.1, 0.15) is 0 Å². The number of benzene rings is 2. The molecule has 0 unspecified atom stereocenters. The molecule has 2 aromatic carbocycles. The fourth-order valence-electron chi connectivity index (χ4n) is 1.77. The zero-order chi connectivity index (χ0) is 12.4. The van der Waals surface area contributed by atoms with Crippen molar-refractivity contribution in [3.05, 3.63) is 58.1 Å². The van der Waals surface area contributed by atoms with Gasteiger partial charge in [-0.25, -0.2) is 0 Å². The molecule has 2 aromatic rings. The molecule has 0 fully saturated rings. The lowest BCUT2D eigenvalue weighted by atomic mass is 9.99. The second-order valence-electron chi connectivity index (χ2n) is 4.40. The Hall–Kier alpha value is -0.980. The molecule has 0 nitrogen and oxygen atoms in total. The Labute approximate surface area is 112 Å². The van der Waals surface area contributed by atoms with E-state index in [1.807, 2.05) is 12.1 Å². The molecule has 17 heavy (non-hydrogen) atoms. The van der Waals surface area contributed by atoms with Gasteiger partial charge in [0, 0.05) is 15.6 Å². The van der Waals surface area contributed by atoms with Crippen molar-refractivity contribution < 1.29 is 0 Å². The molecule has 2 heteroatoms. The highest BCUT2D eigenvalue weighted by Crippen LogP contribution is 2.31. The summed E-state index contributed by atoms with van der Waals surface area (Å²) in [7, 11) is 0. The first kappa shape index (κ1) is 12.5. The second-order valence-corrected chi connectivity index (χ2v) is 5.24. The number of rotatable bonds is 2. The third kappa shape index (κ3) is 2.83. The van der Waals surface area contributed by atoms with Gasteiger partial charge >= 0.3 is 0 Å². The molecule has 0 radical (unpaired) electrons. The summed E-state index contributed by atoms with van der Waals surface area (Å²) in [5, 5.41) is 1.35. The molecule has 0 saturated heterocycles. The minimum Gasteiger partial charge on any atom is -0.0843 e. The fourth-order valence-corrected chi connectivity index (χ4v) is 2.29. The van der Waals surface area contributed by atoms with Crippen molar-refractivity contribution in [2.24, 2.45) is 0 Å². The van der Waals surface area contributed by atoms with Crippen LogP contribution in [0.4, 0.5) is 0 Å². The summed E-state index contributed by atoms with van der Waals surface area (Å²) in [6.07, 6.45) is 0. The molecular formula is C15H14Cl2. The van der Waals surface area contributed by atoms with Crippen LogP contribution in [0.5, 0.6) is 0 Å². The van der Waals surface area contributed by atoms with Crippen LogP contribution < -0.4 is 0 Å². The standard InChI is InChI=1S/C15H14Cl2/c1-10(2)11-3-5-12(6-4-11)14-8-7-13(16)9-15(14)17/h3-10H,1-2H3. The molecule has 0 atom stereocenters. The van der Waals surface area contributed by atoms with Gasteiger partial charge < -0.3 is 0 Å². The molecule has 0 aliphatic carbocycles. The molecule has 0 spiro atoms. The number of hydrogen-bond acceptors (Lipinski definition) is 0. The molecule has 0 saturated carbocycles. The Balaban J connectivity index is 2.40. The van der Waals surface area contributed by atoms with Crippen LogP contribution in [-0.4, -0.2) is 0 Å². The normalized spacial score (nSPS) is 10.9. The van der Waals surface area contributed by atoms with Gasteiger partial charge in [-0.05, 0) is 29.2 Å². The maximum atomic E-state index is 6.18. The first-order valence-electron chi connectivity index (χ1n) is 5.63. The summed E-state index contributed by atoms with van der Waals surface area (Å²) in [5.41, 5.74) is 3.47. The summed E-state index contributed by atoms with van der Waals surface area (Å²) in [5.74, 6) is 0.546. The number of hydrogen-bond donors (Lipinski definition) is 0. The van der Waals surface area contributed by atoms with Crippen molar-refractivity contribution in [3.8, 4) is 11.1 Å². The van der Waals surface area contributed by atoms with E-state index in [4.69, 9.17) is 23.2 Å². The van der Waals surface area contributed by atoms with E-state index >= 15 is 0 Å². The zero-order valence-corrected chi connectivity index (χ0v) is 11.4. The van der Waals surface area contributed by atoms with Crippen LogP contribution in [0.25, 0.3) is 11.1 Å². The van der Waals surface area contributed by atoms with Gasteiger partial charge in [-0.2, -0.15) is 0 Å². The van der Waals surface area contributed by atoms with E-state index in [0.717, 1.165) is 11.1 Å². The van der Waals surface area contributed by atoms with E-state index in [0.29, 0.717) is 16.0 Å². The summed E-state index contributed by atoms with van der Waals surface area (Å²) < 4.78 is 0. The van der Waals surface area contributed by atoms with E-state index in [1.165, 1.54) is 5.56 Å². The van der Waals surface area contributed by atoms with Gasteiger partial charge in [-0.1, -0.05) is 67.4 Å². The Morgan fingerprint density at radius 1 is 0.882 bits per heavy atom. The van der Waals surface area contributed by atoms with Gasteiger partial charge in [-0.3, -0.25) is 0 Å². The lowest BCUT2D eigenvalue weighted by Crippen LogP contribution is -1.87. The quantitative estimate of drug-likeness (QED) is 0.645. The average molecular weight is 265 g/mol. The Kier molecular flexibility index (Phi) is 3.76. The third-order valence-corrected chi connectivity index (χ3v) is 3.37. The Morgan fingerprint density at radius 2 is 1.53 bits per heavy atom. The van der Waals surface area contributed by atoms with Gasteiger partial charge in [-0.15, -0.1) is 0 Å². The van der Waals surface area contributed by atoms with E-state index in [9.17, 15) is 0 Å². The summed E-state index contributed by atoms with van der Waals surface area (Å²) in [4.78, 5) is 0. The summed E-state index contributed by atoms with van der Waals surface area (Å²) in [6.45, 7) is 4.37. The molecule has 0 aliphatic heterocycles. The van der Waals surface area contributed by atoms with Gasteiger partial charge in [0.15, 0.2) is 0 Å². The highest BCUT2D eigenvalue weighted by atomic mass is 35.5. The summed E-state index contributed by atoms with van der Waals surface area (Å²) in [6, 6.07) is 14.1. The molecule has 0 N–H and O–H groups in total. The lowest BCUT2D eigenvalue weighted by Gasteiger charge is -2.08. The monoisotopic (exact) mass is 264 g/mol. The van der Waals surface area contributed by atoms with Crippen molar-refractivity contribution in [1.82, 2.24) is 0 Å². The minimum absolute atomic E-state index is 0.546. The fraction of sp³-hybridized carbons (Fsp3) is 0.200. The highest BCUT2D eigenvalue weighted by molar-refractivity contribution is 6.36. The van der Waals surface area contributed by atoms with Crippen LogP contribution in [0.15, 0.2) is 42.5 Å². The van der Waals surface area contributed by atoms with Crippen molar-refractivity contribution in [2.45, 2.75) is 19.8 Å². The van der Waals surface area contributed by atoms with Crippen LogP contribution in [0.1, 0.15) is 25.3 Å². The van der Waals surface area contributed by atoms with E-state index in [2.05, 4.69) is 38.1 Å². The first-order valence-corrected chi connectivity index (χ1v) is 6.39. The maximum Gasteiger partial charge on any atom is 0.0499 e. The van der Waals surface area contributed by atoms with Crippen LogP contribution >= 0.6 is 23.2 Å². The maximum absolute atomic E-state index is 6.18. The molecule has 0 amide bonds. The zero-order valence-electron chi connectivity index (χ0n) is 9.87. The van der Waals surface area contributed by atoms with Crippen LogP contribution in [0.2, 0.25) is 10.0 Å². The molecular weight excluding hydrogens is 251 g/mol. The largest absolute Gasteiger partial charge is 0.0843 e. The lowest BCUT2D eigenvalue weighted by molar-refractivity contribution is 0.867. The first-order chi connectivity index (χ1) is 8.08. The molecule has 88 valence electrons. The average Bonchev–Trinajstić information content (AvgIpc) is 2.29. The highest BCUT2D eigenvalue weighted by Gasteiger charge is 2.05. The summed E-state index contributed by atoms with van der Waals surface area (Å²) >= 11 is 12.1. The molecule has 0 aromatic heterocycles. The Bertz CT molecular complexity index is 513. The second kappa shape index (κ2) is 5.12. The Morgan fingerprint density at radius 3 is 2.06 bits per heavy atom. The van der Waals surface area contributed by atoms with E-state index < -0.39 is 0 Å². The van der Waals surface area contributed by atoms with Crippen LogP contribution in [-0.2, 0) is 0 Å². The van der Waals surface area contributed by atoms with Crippen LogP contribution in [0.3, 0.4) is 0 Å². The van der Waals surface area contributed by atoms with Gasteiger partial charge in [0.25, 0.3) is 0 Å².